The molecule has 72 valence electrons. The van der Waals surface area contributed by atoms with Gasteiger partial charge in [0.2, 0.25) is 0 Å². The fraction of sp³-hybridized carbons (Fsp3) is 1.00. The molecule has 1 fully saturated rings. The van der Waals surface area contributed by atoms with Gasteiger partial charge in [-0.2, -0.15) is 0 Å². The summed E-state index contributed by atoms with van der Waals surface area (Å²) in [5.41, 5.74) is 0. The van der Waals surface area contributed by atoms with E-state index >= 15 is 0 Å². The summed E-state index contributed by atoms with van der Waals surface area (Å²) < 4.78 is 22.4. The zero-order chi connectivity index (χ0) is 9.19. The summed E-state index contributed by atoms with van der Waals surface area (Å²) in [5, 5.41) is -0.119. The fourth-order valence-corrected chi connectivity index (χ4v) is 2.73. The van der Waals surface area contributed by atoms with Gasteiger partial charge in [-0.15, -0.1) is 0 Å². The number of nitrogens with zero attached hydrogens (tertiary/aromatic N) is 1. The summed E-state index contributed by atoms with van der Waals surface area (Å²) in [6, 6.07) is 0. The predicted octanol–water partition coefficient (Wildman–Crippen LogP) is 0.515. The molecule has 0 aliphatic carbocycles. The van der Waals surface area contributed by atoms with Crippen LogP contribution in [0.1, 0.15) is 19.8 Å². The third-order valence-electron chi connectivity index (χ3n) is 2.51. The molecule has 1 aliphatic rings. The molecule has 4 heteroatoms. The van der Waals surface area contributed by atoms with Gasteiger partial charge in [0.1, 0.15) is 0 Å². The lowest BCUT2D eigenvalue weighted by atomic mass is 10.1. The number of piperidine rings is 1. The van der Waals surface area contributed by atoms with Crippen molar-refractivity contribution in [3.63, 3.8) is 0 Å². The second-order valence-corrected chi connectivity index (χ2v) is 5.81. The molecule has 1 saturated heterocycles. The van der Waals surface area contributed by atoms with Crippen LogP contribution in [0, 0.1) is 0 Å². The number of rotatable bonds is 2. The molecule has 0 bridgehead atoms. The fourth-order valence-electron chi connectivity index (χ4n) is 1.65. The van der Waals surface area contributed by atoms with Crippen molar-refractivity contribution in [2.24, 2.45) is 0 Å². The number of hydrogen-bond acceptors (Lipinski definition) is 3. The highest BCUT2D eigenvalue weighted by molar-refractivity contribution is 7.91. The number of hydrogen-bond donors (Lipinski definition) is 0. The van der Waals surface area contributed by atoms with Crippen molar-refractivity contribution < 1.29 is 8.42 Å². The first kappa shape index (κ1) is 9.99. The Kier molecular flexibility index (Phi) is 3.12. The molecule has 0 aromatic heterocycles. The van der Waals surface area contributed by atoms with Gasteiger partial charge >= 0.3 is 0 Å². The van der Waals surface area contributed by atoms with Gasteiger partial charge in [0, 0.05) is 12.8 Å². The van der Waals surface area contributed by atoms with Crippen LogP contribution in [0.4, 0.5) is 0 Å². The standard InChI is InChI=1S/C8H17NO2S/c1-3-9-6-4-5-8(7-9)12(2,10)11/h8H,3-7H2,1-2H3. The topological polar surface area (TPSA) is 37.4 Å². The van der Waals surface area contributed by atoms with Crippen molar-refractivity contribution in [2.75, 3.05) is 25.9 Å². The highest BCUT2D eigenvalue weighted by Crippen LogP contribution is 2.15. The molecule has 1 aliphatic heterocycles. The van der Waals surface area contributed by atoms with Crippen LogP contribution in [0.5, 0.6) is 0 Å². The van der Waals surface area contributed by atoms with Gasteiger partial charge in [-0.25, -0.2) is 8.42 Å². The first-order valence-electron chi connectivity index (χ1n) is 4.45. The minimum absolute atomic E-state index is 0.119. The van der Waals surface area contributed by atoms with E-state index in [1.54, 1.807) is 0 Å². The highest BCUT2D eigenvalue weighted by Gasteiger charge is 2.26. The SMILES string of the molecule is CCN1CCCC(S(C)(=O)=O)C1. The Labute approximate surface area is 74.7 Å². The van der Waals surface area contributed by atoms with Crippen molar-refractivity contribution in [3.05, 3.63) is 0 Å². The maximum atomic E-state index is 11.2. The quantitative estimate of drug-likeness (QED) is 0.638. The van der Waals surface area contributed by atoms with Gasteiger partial charge in [0.15, 0.2) is 9.84 Å². The highest BCUT2D eigenvalue weighted by atomic mass is 32.2. The summed E-state index contributed by atoms with van der Waals surface area (Å²) in [4.78, 5) is 2.20. The molecule has 0 saturated carbocycles. The third-order valence-corrected chi connectivity index (χ3v) is 4.11. The smallest absolute Gasteiger partial charge is 0.151 e. The second kappa shape index (κ2) is 3.75. The van der Waals surface area contributed by atoms with Gasteiger partial charge in [0.25, 0.3) is 0 Å². The molecule has 0 aromatic carbocycles. The zero-order valence-corrected chi connectivity index (χ0v) is 8.60. The van der Waals surface area contributed by atoms with Gasteiger partial charge in [0.05, 0.1) is 5.25 Å². The number of sulfone groups is 1. The minimum Gasteiger partial charge on any atom is -0.302 e. The van der Waals surface area contributed by atoms with E-state index in [4.69, 9.17) is 0 Å². The summed E-state index contributed by atoms with van der Waals surface area (Å²) in [6.45, 7) is 4.83. The van der Waals surface area contributed by atoms with Crippen LogP contribution in [-0.2, 0) is 9.84 Å². The van der Waals surface area contributed by atoms with Gasteiger partial charge in [-0.1, -0.05) is 6.92 Å². The first-order chi connectivity index (χ1) is 5.54. The molecule has 0 spiro atoms. The molecule has 0 amide bonds. The Morgan fingerprint density at radius 2 is 2.17 bits per heavy atom. The molecule has 1 unspecified atom stereocenters. The van der Waals surface area contributed by atoms with Gasteiger partial charge in [-0.3, -0.25) is 0 Å². The predicted molar refractivity (Wildman–Crippen MR) is 50.0 cm³/mol. The molecular weight excluding hydrogens is 174 g/mol. The van der Waals surface area contributed by atoms with E-state index in [0.29, 0.717) is 0 Å². The van der Waals surface area contributed by atoms with E-state index in [1.807, 2.05) is 0 Å². The maximum Gasteiger partial charge on any atom is 0.151 e. The first-order valence-corrected chi connectivity index (χ1v) is 6.40. The van der Waals surface area contributed by atoms with Crippen molar-refractivity contribution in [2.45, 2.75) is 25.0 Å². The van der Waals surface area contributed by atoms with E-state index in [9.17, 15) is 8.42 Å². The van der Waals surface area contributed by atoms with Crippen molar-refractivity contribution in [1.29, 1.82) is 0 Å². The molecule has 1 heterocycles. The zero-order valence-electron chi connectivity index (χ0n) is 7.78. The summed E-state index contributed by atoms with van der Waals surface area (Å²) in [7, 11) is -2.81. The monoisotopic (exact) mass is 191 g/mol. The second-order valence-electron chi connectivity index (χ2n) is 3.49. The molecule has 1 atom stereocenters. The van der Waals surface area contributed by atoms with Crippen molar-refractivity contribution in [3.8, 4) is 0 Å². The van der Waals surface area contributed by atoms with Crippen LogP contribution in [0.25, 0.3) is 0 Å². The van der Waals surface area contributed by atoms with Gasteiger partial charge < -0.3 is 4.90 Å². The molecule has 0 radical (unpaired) electrons. The van der Waals surface area contributed by atoms with Crippen LogP contribution in [-0.4, -0.2) is 44.5 Å². The van der Waals surface area contributed by atoms with E-state index in [0.717, 1.165) is 32.5 Å². The normalized spacial score (nSPS) is 27.3. The van der Waals surface area contributed by atoms with E-state index in [2.05, 4.69) is 11.8 Å². The van der Waals surface area contributed by atoms with Crippen molar-refractivity contribution >= 4 is 9.84 Å². The molecule has 0 aromatic rings. The van der Waals surface area contributed by atoms with E-state index in [1.165, 1.54) is 6.26 Å². The van der Waals surface area contributed by atoms with Crippen LogP contribution < -0.4 is 0 Å². The average molecular weight is 191 g/mol. The van der Waals surface area contributed by atoms with Crippen LogP contribution in [0.2, 0.25) is 0 Å². The largest absolute Gasteiger partial charge is 0.302 e. The third kappa shape index (κ3) is 2.45. The average Bonchev–Trinajstić information content (AvgIpc) is 2.03. The summed E-state index contributed by atoms with van der Waals surface area (Å²) in [5.74, 6) is 0. The molecule has 12 heavy (non-hydrogen) atoms. The molecule has 0 N–H and O–H groups in total. The van der Waals surface area contributed by atoms with Gasteiger partial charge in [-0.05, 0) is 25.9 Å². The molecule has 3 nitrogen and oxygen atoms in total. The van der Waals surface area contributed by atoms with Crippen LogP contribution in [0.15, 0.2) is 0 Å². The summed E-state index contributed by atoms with van der Waals surface area (Å²) in [6.07, 6.45) is 3.21. The molecular formula is C8H17NO2S. The number of likely N-dealkylation sites (tertiary alicyclic amines) is 1. The Bertz CT molecular complexity index is 235. The minimum atomic E-state index is -2.81. The lowest BCUT2D eigenvalue weighted by molar-refractivity contribution is 0.242. The van der Waals surface area contributed by atoms with Crippen LogP contribution in [0.3, 0.4) is 0 Å². The van der Waals surface area contributed by atoms with Crippen molar-refractivity contribution in [1.82, 2.24) is 4.90 Å². The summed E-state index contributed by atoms with van der Waals surface area (Å²) >= 11 is 0. The van der Waals surface area contributed by atoms with Crippen LogP contribution >= 0.6 is 0 Å². The Hall–Kier alpha value is -0.0900. The lowest BCUT2D eigenvalue weighted by Crippen LogP contribution is -2.41. The lowest BCUT2D eigenvalue weighted by Gasteiger charge is -2.30. The Balaban J connectivity index is 2.58. The van der Waals surface area contributed by atoms with E-state index in [-0.39, 0.29) is 5.25 Å². The maximum absolute atomic E-state index is 11.2. The Morgan fingerprint density at radius 3 is 2.67 bits per heavy atom. The van der Waals surface area contributed by atoms with E-state index < -0.39 is 9.84 Å². The molecule has 1 rings (SSSR count). The Morgan fingerprint density at radius 1 is 1.50 bits per heavy atom.